The Balaban J connectivity index is 2.25. The molecule has 0 spiro atoms. The lowest BCUT2D eigenvalue weighted by Crippen LogP contribution is -2.30. The van der Waals surface area contributed by atoms with E-state index < -0.39 is 0 Å². The smallest absolute Gasteiger partial charge is 0.309 e. The predicted molar refractivity (Wildman–Crippen MR) is 80.9 cm³/mol. The van der Waals surface area contributed by atoms with Crippen molar-refractivity contribution in [1.82, 2.24) is 4.90 Å². The highest BCUT2D eigenvalue weighted by molar-refractivity contribution is 7.99. The van der Waals surface area contributed by atoms with E-state index in [1.165, 1.54) is 12.0 Å². The highest BCUT2D eigenvalue weighted by Crippen LogP contribution is 2.20. The molecule has 1 aromatic rings. The first-order valence-electron chi connectivity index (χ1n) is 6.17. The van der Waals surface area contributed by atoms with E-state index in [-0.39, 0.29) is 11.9 Å². The van der Waals surface area contributed by atoms with E-state index in [2.05, 4.69) is 4.90 Å². The van der Waals surface area contributed by atoms with Crippen LogP contribution in [-0.2, 0) is 9.53 Å². The van der Waals surface area contributed by atoms with Crippen molar-refractivity contribution in [3.63, 3.8) is 0 Å². The maximum absolute atomic E-state index is 11.3. The Hall–Kier alpha value is -0.710. The second kappa shape index (κ2) is 8.46. The number of hydrogen-bond donors (Lipinski definition) is 0. The van der Waals surface area contributed by atoms with Crippen LogP contribution in [0.3, 0.4) is 0 Å². The maximum Gasteiger partial charge on any atom is 0.309 e. The number of thioether (sulfide) groups is 1. The molecule has 1 unspecified atom stereocenters. The summed E-state index contributed by atoms with van der Waals surface area (Å²) in [6.07, 6.45) is 0. The summed E-state index contributed by atoms with van der Waals surface area (Å²) in [5.41, 5.74) is 0. The third-order valence-corrected chi connectivity index (χ3v) is 3.99. The molecule has 1 aromatic carbocycles. The van der Waals surface area contributed by atoms with Crippen LogP contribution in [0.2, 0.25) is 5.02 Å². The Labute approximate surface area is 124 Å². The second-order valence-electron chi connectivity index (χ2n) is 4.49. The first-order valence-corrected chi connectivity index (χ1v) is 7.54. The Kier molecular flexibility index (Phi) is 7.28. The molecule has 0 N–H and O–H groups in total. The molecule has 0 aromatic heterocycles. The molecule has 0 amide bonds. The van der Waals surface area contributed by atoms with Crippen molar-refractivity contribution in [2.24, 2.45) is 5.92 Å². The monoisotopic (exact) mass is 301 g/mol. The number of carbonyl (C=O) groups is 1. The molecule has 1 atom stereocenters. The van der Waals surface area contributed by atoms with Gasteiger partial charge in [-0.15, -0.1) is 11.8 Å². The van der Waals surface area contributed by atoms with Crippen molar-refractivity contribution in [1.29, 1.82) is 0 Å². The summed E-state index contributed by atoms with van der Waals surface area (Å²) in [4.78, 5) is 14.7. The molecular weight excluding hydrogens is 282 g/mol. The molecule has 1 rings (SSSR count). The molecular formula is C14H20ClNO2S. The van der Waals surface area contributed by atoms with E-state index in [9.17, 15) is 4.79 Å². The van der Waals surface area contributed by atoms with Crippen LogP contribution in [0.15, 0.2) is 29.2 Å². The first kappa shape index (κ1) is 16.3. The minimum Gasteiger partial charge on any atom is -0.469 e. The summed E-state index contributed by atoms with van der Waals surface area (Å²) < 4.78 is 4.71. The van der Waals surface area contributed by atoms with Gasteiger partial charge < -0.3 is 9.64 Å². The van der Waals surface area contributed by atoms with Crippen LogP contribution in [0.4, 0.5) is 0 Å². The van der Waals surface area contributed by atoms with Crippen LogP contribution in [-0.4, -0.2) is 43.9 Å². The summed E-state index contributed by atoms with van der Waals surface area (Å²) in [6.45, 7) is 3.52. The molecule has 0 aliphatic carbocycles. The van der Waals surface area contributed by atoms with Gasteiger partial charge in [-0.1, -0.05) is 18.5 Å². The van der Waals surface area contributed by atoms with Crippen LogP contribution < -0.4 is 0 Å². The van der Waals surface area contributed by atoms with Crippen molar-refractivity contribution in [2.45, 2.75) is 11.8 Å². The lowest BCUT2D eigenvalue weighted by Gasteiger charge is -2.19. The predicted octanol–water partition coefficient (Wildman–Crippen LogP) is 3.17. The summed E-state index contributed by atoms with van der Waals surface area (Å²) in [7, 11) is 3.44. The Morgan fingerprint density at radius 3 is 2.63 bits per heavy atom. The molecule has 3 nitrogen and oxygen atoms in total. The number of nitrogens with zero attached hydrogens (tertiary/aromatic N) is 1. The van der Waals surface area contributed by atoms with E-state index in [0.29, 0.717) is 6.54 Å². The van der Waals surface area contributed by atoms with Crippen molar-refractivity contribution in [3.8, 4) is 0 Å². The van der Waals surface area contributed by atoms with Gasteiger partial charge in [-0.25, -0.2) is 0 Å². The van der Waals surface area contributed by atoms with Gasteiger partial charge in [0, 0.05) is 28.8 Å². The van der Waals surface area contributed by atoms with Gasteiger partial charge in [-0.2, -0.15) is 0 Å². The normalized spacial score (nSPS) is 12.5. The topological polar surface area (TPSA) is 29.5 Å². The van der Waals surface area contributed by atoms with Crippen LogP contribution in [0.1, 0.15) is 6.92 Å². The molecule has 0 saturated heterocycles. The third kappa shape index (κ3) is 6.32. The van der Waals surface area contributed by atoms with Gasteiger partial charge in [-0.05, 0) is 31.3 Å². The standard InChI is InChI=1S/C14H20ClNO2S/c1-11(14(17)18-3)10-16(2)8-9-19-13-6-4-12(15)5-7-13/h4-7,11H,8-10H2,1-3H3. The highest BCUT2D eigenvalue weighted by Gasteiger charge is 2.14. The molecule has 0 aliphatic heterocycles. The van der Waals surface area contributed by atoms with Gasteiger partial charge in [0.2, 0.25) is 0 Å². The van der Waals surface area contributed by atoms with Gasteiger partial charge in [0.25, 0.3) is 0 Å². The fourth-order valence-corrected chi connectivity index (χ4v) is 2.78. The Morgan fingerprint density at radius 2 is 2.05 bits per heavy atom. The van der Waals surface area contributed by atoms with E-state index in [0.717, 1.165) is 17.3 Å². The lowest BCUT2D eigenvalue weighted by molar-refractivity contribution is -0.145. The van der Waals surface area contributed by atoms with Gasteiger partial charge in [-0.3, -0.25) is 4.79 Å². The summed E-state index contributed by atoms with van der Waals surface area (Å²) in [5, 5.41) is 0.758. The molecule has 106 valence electrons. The third-order valence-electron chi connectivity index (χ3n) is 2.74. The van der Waals surface area contributed by atoms with E-state index >= 15 is 0 Å². The molecule has 0 heterocycles. The van der Waals surface area contributed by atoms with Gasteiger partial charge >= 0.3 is 5.97 Å². The fourth-order valence-electron chi connectivity index (χ4n) is 1.68. The van der Waals surface area contributed by atoms with Crippen molar-refractivity contribution >= 4 is 29.3 Å². The number of carbonyl (C=O) groups excluding carboxylic acids is 1. The summed E-state index contributed by atoms with van der Waals surface area (Å²) in [6, 6.07) is 7.83. The lowest BCUT2D eigenvalue weighted by atomic mass is 10.2. The number of esters is 1. The van der Waals surface area contributed by atoms with Crippen LogP contribution in [0, 0.1) is 5.92 Å². The van der Waals surface area contributed by atoms with E-state index in [4.69, 9.17) is 16.3 Å². The molecule has 0 fully saturated rings. The number of benzene rings is 1. The average molecular weight is 302 g/mol. The minimum atomic E-state index is -0.155. The minimum absolute atomic E-state index is 0.0875. The second-order valence-corrected chi connectivity index (χ2v) is 6.09. The van der Waals surface area contributed by atoms with E-state index in [1.54, 1.807) is 11.8 Å². The SMILES string of the molecule is COC(=O)C(C)CN(C)CCSc1ccc(Cl)cc1. The van der Waals surface area contributed by atoms with Crippen molar-refractivity contribution in [2.75, 3.05) is 33.0 Å². The molecule has 0 bridgehead atoms. The number of hydrogen-bond acceptors (Lipinski definition) is 4. The molecule has 0 aliphatic rings. The van der Waals surface area contributed by atoms with Crippen LogP contribution in [0.25, 0.3) is 0 Å². The zero-order valence-corrected chi connectivity index (χ0v) is 13.1. The summed E-state index contributed by atoms with van der Waals surface area (Å²) >= 11 is 7.62. The number of ether oxygens (including phenoxy) is 1. The largest absolute Gasteiger partial charge is 0.469 e. The maximum atomic E-state index is 11.3. The van der Waals surface area contributed by atoms with Gasteiger partial charge in [0.15, 0.2) is 0 Å². The molecule has 19 heavy (non-hydrogen) atoms. The zero-order valence-electron chi connectivity index (χ0n) is 11.6. The van der Waals surface area contributed by atoms with Gasteiger partial charge in [0.1, 0.15) is 0 Å². The first-order chi connectivity index (χ1) is 9.02. The summed E-state index contributed by atoms with van der Waals surface area (Å²) in [5.74, 6) is 0.735. The van der Waals surface area contributed by atoms with Crippen molar-refractivity contribution in [3.05, 3.63) is 29.3 Å². The van der Waals surface area contributed by atoms with Gasteiger partial charge in [0.05, 0.1) is 13.0 Å². The molecule has 5 heteroatoms. The Morgan fingerprint density at radius 1 is 1.42 bits per heavy atom. The molecule has 0 radical (unpaired) electrons. The molecule has 0 saturated carbocycles. The van der Waals surface area contributed by atoms with E-state index in [1.807, 2.05) is 38.2 Å². The number of methoxy groups -OCH3 is 1. The van der Waals surface area contributed by atoms with Crippen LogP contribution in [0.5, 0.6) is 0 Å². The van der Waals surface area contributed by atoms with Crippen molar-refractivity contribution < 1.29 is 9.53 Å². The van der Waals surface area contributed by atoms with Crippen LogP contribution >= 0.6 is 23.4 Å². The number of rotatable bonds is 7. The fraction of sp³-hybridized carbons (Fsp3) is 0.500. The highest BCUT2D eigenvalue weighted by atomic mass is 35.5. The average Bonchev–Trinajstić information content (AvgIpc) is 2.40. The number of halogens is 1. The Bertz CT molecular complexity index is 397. The zero-order chi connectivity index (χ0) is 14.3. The quantitative estimate of drug-likeness (QED) is 0.571.